The molecule has 0 aliphatic carbocycles. The fraction of sp³-hybridized carbons (Fsp3) is 0.208. The summed E-state index contributed by atoms with van der Waals surface area (Å²) in [6.07, 6.45) is 0.0769. The molecule has 0 heterocycles. The second-order valence-corrected chi connectivity index (χ2v) is 8.73. The largest absolute Gasteiger partial charge is 0.495 e. The lowest BCUT2D eigenvalue weighted by atomic mass is 10.2. The number of amides is 1. The highest BCUT2D eigenvalue weighted by molar-refractivity contribution is 7.92. The van der Waals surface area contributed by atoms with Crippen LogP contribution in [0.1, 0.15) is 12.0 Å². The Morgan fingerprint density at radius 1 is 0.879 bits per heavy atom. The maximum absolute atomic E-state index is 13.0. The van der Waals surface area contributed by atoms with Crippen LogP contribution in [0.15, 0.2) is 71.6 Å². The molecule has 33 heavy (non-hydrogen) atoms. The van der Waals surface area contributed by atoms with Gasteiger partial charge in [0.05, 0.1) is 37.8 Å². The Balaban J connectivity index is 1.67. The summed E-state index contributed by atoms with van der Waals surface area (Å²) < 4.78 is 44.6. The van der Waals surface area contributed by atoms with Gasteiger partial charge in [-0.15, -0.1) is 0 Å². The number of ether oxygens (including phenoxy) is 3. The summed E-state index contributed by atoms with van der Waals surface area (Å²) in [5, 5.41) is 2.72. The molecule has 3 rings (SSSR count). The van der Waals surface area contributed by atoms with Gasteiger partial charge in [-0.1, -0.05) is 30.3 Å². The van der Waals surface area contributed by atoms with Crippen molar-refractivity contribution in [1.82, 2.24) is 0 Å². The van der Waals surface area contributed by atoms with Crippen LogP contribution < -0.4 is 24.2 Å². The molecule has 2 N–H and O–H groups in total. The zero-order valence-electron chi connectivity index (χ0n) is 18.6. The van der Waals surface area contributed by atoms with Crippen LogP contribution in [0, 0.1) is 6.92 Å². The van der Waals surface area contributed by atoms with E-state index in [-0.39, 0.29) is 23.8 Å². The second kappa shape index (κ2) is 10.7. The third-order valence-electron chi connectivity index (χ3n) is 4.77. The zero-order valence-corrected chi connectivity index (χ0v) is 19.4. The SMILES string of the molecule is COc1ccccc1NS(=O)(=O)c1cc(NC(=O)CCOc2ccccc2OC)ccc1C. The predicted octanol–water partition coefficient (Wildman–Crippen LogP) is 4.22. The summed E-state index contributed by atoms with van der Waals surface area (Å²) >= 11 is 0. The maximum Gasteiger partial charge on any atom is 0.262 e. The predicted molar refractivity (Wildman–Crippen MR) is 127 cm³/mol. The van der Waals surface area contributed by atoms with Crippen LogP contribution in [-0.4, -0.2) is 35.2 Å². The summed E-state index contributed by atoms with van der Waals surface area (Å²) in [6.45, 7) is 1.82. The van der Waals surface area contributed by atoms with Crippen LogP contribution in [0.25, 0.3) is 0 Å². The van der Waals surface area contributed by atoms with E-state index in [1.165, 1.54) is 13.2 Å². The maximum atomic E-state index is 13.0. The number of anilines is 2. The number of hydrogen-bond acceptors (Lipinski definition) is 6. The number of rotatable bonds is 10. The van der Waals surface area contributed by atoms with E-state index in [1.807, 2.05) is 12.1 Å². The quantitative estimate of drug-likeness (QED) is 0.460. The van der Waals surface area contributed by atoms with Crippen LogP contribution in [-0.2, 0) is 14.8 Å². The molecule has 0 saturated carbocycles. The molecule has 3 aromatic rings. The number of hydrogen-bond donors (Lipinski definition) is 2. The van der Waals surface area contributed by atoms with E-state index in [9.17, 15) is 13.2 Å². The van der Waals surface area contributed by atoms with Crippen LogP contribution >= 0.6 is 0 Å². The molecule has 3 aromatic carbocycles. The van der Waals surface area contributed by atoms with E-state index in [0.717, 1.165) is 0 Å². The van der Waals surface area contributed by atoms with Gasteiger partial charge in [-0.25, -0.2) is 8.42 Å². The van der Waals surface area contributed by atoms with Gasteiger partial charge in [0.2, 0.25) is 5.91 Å². The van der Waals surface area contributed by atoms with Crippen molar-refractivity contribution in [2.45, 2.75) is 18.2 Å². The minimum atomic E-state index is -3.92. The number of carbonyl (C=O) groups excluding carboxylic acids is 1. The Morgan fingerprint density at radius 2 is 1.52 bits per heavy atom. The topological polar surface area (TPSA) is 103 Å². The lowest BCUT2D eigenvalue weighted by Crippen LogP contribution is -2.17. The van der Waals surface area contributed by atoms with Crippen molar-refractivity contribution >= 4 is 27.3 Å². The Morgan fingerprint density at radius 3 is 2.21 bits per heavy atom. The second-order valence-electron chi connectivity index (χ2n) is 7.08. The van der Waals surface area contributed by atoms with Gasteiger partial charge in [0, 0.05) is 5.69 Å². The van der Waals surface area contributed by atoms with E-state index in [2.05, 4.69) is 10.0 Å². The van der Waals surface area contributed by atoms with Crippen LogP contribution in [0.3, 0.4) is 0 Å². The van der Waals surface area contributed by atoms with Crippen molar-refractivity contribution in [2.24, 2.45) is 0 Å². The Hall–Kier alpha value is -3.72. The summed E-state index contributed by atoms with van der Waals surface area (Å²) in [6, 6.07) is 18.6. The lowest BCUT2D eigenvalue weighted by Gasteiger charge is -2.14. The summed E-state index contributed by atoms with van der Waals surface area (Å²) in [5.41, 5.74) is 1.22. The molecule has 8 nitrogen and oxygen atoms in total. The first-order valence-electron chi connectivity index (χ1n) is 10.2. The van der Waals surface area contributed by atoms with E-state index in [0.29, 0.717) is 34.2 Å². The van der Waals surface area contributed by atoms with Crippen LogP contribution in [0.2, 0.25) is 0 Å². The molecule has 0 atom stereocenters. The smallest absolute Gasteiger partial charge is 0.262 e. The molecule has 0 aliphatic heterocycles. The first-order valence-corrected chi connectivity index (χ1v) is 11.6. The molecule has 1 amide bonds. The van der Waals surface area contributed by atoms with Crippen molar-refractivity contribution in [1.29, 1.82) is 0 Å². The van der Waals surface area contributed by atoms with Crippen LogP contribution in [0.4, 0.5) is 11.4 Å². The van der Waals surface area contributed by atoms with Crippen molar-refractivity contribution in [3.05, 3.63) is 72.3 Å². The Bertz CT molecular complexity index is 1230. The third kappa shape index (κ3) is 6.17. The van der Waals surface area contributed by atoms with Gasteiger partial charge in [0.15, 0.2) is 11.5 Å². The minimum absolute atomic E-state index is 0.0523. The fourth-order valence-electron chi connectivity index (χ4n) is 3.11. The van der Waals surface area contributed by atoms with Gasteiger partial charge in [0.25, 0.3) is 10.0 Å². The van der Waals surface area contributed by atoms with Crippen molar-refractivity contribution in [2.75, 3.05) is 30.9 Å². The van der Waals surface area contributed by atoms with E-state index < -0.39 is 10.0 Å². The van der Waals surface area contributed by atoms with Gasteiger partial charge in [-0.2, -0.15) is 0 Å². The molecule has 0 unspecified atom stereocenters. The summed E-state index contributed by atoms with van der Waals surface area (Å²) in [5.74, 6) is 1.21. The average Bonchev–Trinajstić information content (AvgIpc) is 2.80. The van der Waals surface area contributed by atoms with Gasteiger partial charge in [-0.3, -0.25) is 9.52 Å². The first-order chi connectivity index (χ1) is 15.8. The number of carbonyl (C=O) groups is 1. The Kier molecular flexibility index (Phi) is 7.78. The number of aryl methyl sites for hydroxylation is 1. The first kappa shape index (κ1) is 23.9. The van der Waals surface area contributed by atoms with Crippen LogP contribution in [0.5, 0.6) is 17.2 Å². The lowest BCUT2D eigenvalue weighted by molar-refractivity contribution is -0.116. The zero-order chi connectivity index (χ0) is 23.8. The summed E-state index contributed by atoms with van der Waals surface area (Å²) in [4.78, 5) is 12.4. The summed E-state index contributed by atoms with van der Waals surface area (Å²) in [7, 11) is -0.909. The Labute approximate surface area is 193 Å². The monoisotopic (exact) mass is 470 g/mol. The molecule has 0 radical (unpaired) electrons. The van der Waals surface area contributed by atoms with Gasteiger partial charge in [-0.05, 0) is 48.9 Å². The molecule has 0 aliphatic rings. The minimum Gasteiger partial charge on any atom is -0.495 e. The van der Waals surface area contributed by atoms with Crippen molar-refractivity contribution < 1.29 is 27.4 Å². The number of sulfonamides is 1. The number of benzene rings is 3. The van der Waals surface area contributed by atoms with E-state index >= 15 is 0 Å². The molecule has 0 bridgehead atoms. The van der Waals surface area contributed by atoms with Gasteiger partial charge >= 0.3 is 0 Å². The number of nitrogens with one attached hydrogen (secondary N) is 2. The normalized spacial score (nSPS) is 10.9. The standard InChI is InChI=1S/C24H26N2O6S/c1-17-12-13-18(25-24(27)14-15-32-22-11-7-6-10-21(22)31-3)16-23(17)33(28,29)26-19-8-4-5-9-20(19)30-2/h4-13,16,26H,14-15H2,1-3H3,(H,25,27). The van der Waals surface area contributed by atoms with E-state index in [4.69, 9.17) is 14.2 Å². The fourth-order valence-corrected chi connectivity index (χ4v) is 4.45. The third-order valence-corrected chi connectivity index (χ3v) is 6.28. The van der Waals surface area contributed by atoms with Crippen molar-refractivity contribution in [3.63, 3.8) is 0 Å². The highest BCUT2D eigenvalue weighted by atomic mass is 32.2. The highest BCUT2D eigenvalue weighted by Crippen LogP contribution is 2.29. The van der Waals surface area contributed by atoms with E-state index in [1.54, 1.807) is 62.6 Å². The average molecular weight is 471 g/mol. The molecule has 0 spiro atoms. The van der Waals surface area contributed by atoms with Crippen molar-refractivity contribution in [3.8, 4) is 17.2 Å². The number of methoxy groups -OCH3 is 2. The molecule has 9 heteroatoms. The molecule has 0 fully saturated rings. The van der Waals surface area contributed by atoms with Gasteiger partial charge < -0.3 is 19.5 Å². The molecule has 0 aromatic heterocycles. The van der Waals surface area contributed by atoms with Gasteiger partial charge in [0.1, 0.15) is 5.75 Å². The highest BCUT2D eigenvalue weighted by Gasteiger charge is 2.20. The molecular formula is C24H26N2O6S. The molecule has 174 valence electrons. The molecule has 0 saturated heterocycles. The number of para-hydroxylation sites is 4. The molecular weight excluding hydrogens is 444 g/mol.